The smallest absolute Gasteiger partial charge is 0.257 e. The molecule has 2 heterocycles. The van der Waals surface area contributed by atoms with Crippen molar-refractivity contribution in [3.05, 3.63) is 54.0 Å². The molecule has 0 aliphatic carbocycles. The van der Waals surface area contributed by atoms with Gasteiger partial charge in [0.15, 0.2) is 0 Å². The molecule has 2 aromatic rings. The monoisotopic (exact) mass is 318 g/mol. The third-order valence-electron chi connectivity index (χ3n) is 3.30. The number of aromatic nitrogens is 1. The van der Waals surface area contributed by atoms with Gasteiger partial charge in [-0.05, 0) is 30.4 Å². The molecule has 22 heavy (non-hydrogen) atoms. The number of anilines is 1. The first-order valence-corrected chi connectivity index (χ1v) is 8.14. The molecule has 0 spiro atoms. The summed E-state index contributed by atoms with van der Waals surface area (Å²) in [7, 11) is 0. The topological polar surface area (TPSA) is 51.2 Å². The Labute approximate surface area is 132 Å². The molecule has 1 aliphatic rings. The normalized spacial score (nSPS) is 17.2. The summed E-state index contributed by atoms with van der Waals surface area (Å²) in [4.78, 5) is 16.2. The van der Waals surface area contributed by atoms with Gasteiger partial charge < -0.3 is 10.1 Å². The van der Waals surface area contributed by atoms with Gasteiger partial charge in [-0.2, -0.15) is 11.8 Å². The van der Waals surface area contributed by atoms with Gasteiger partial charge in [0.2, 0.25) is 5.88 Å². The Morgan fingerprint density at radius 1 is 1.32 bits per heavy atom. The minimum absolute atomic E-state index is 0.149. The Kier molecular flexibility index (Phi) is 4.58. The zero-order chi connectivity index (χ0) is 15.4. The van der Waals surface area contributed by atoms with E-state index in [1.807, 2.05) is 11.8 Å². The molecule has 6 heteroatoms. The third kappa shape index (κ3) is 3.57. The van der Waals surface area contributed by atoms with Crippen LogP contribution in [-0.2, 0) is 0 Å². The van der Waals surface area contributed by atoms with Crippen LogP contribution in [0.5, 0.6) is 5.88 Å². The summed E-state index contributed by atoms with van der Waals surface area (Å²) in [5.41, 5.74) is 0.507. The molecule has 3 rings (SSSR count). The highest BCUT2D eigenvalue weighted by Crippen LogP contribution is 2.22. The lowest BCUT2D eigenvalue weighted by Gasteiger charge is -2.11. The van der Waals surface area contributed by atoms with Crippen molar-refractivity contribution >= 4 is 23.4 Å². The number of halogens is 1. The van der Waals surface area contributed by atoms with Crippen molar-refractivity contribution in [2.75, 3.05) is 16.8 Å². The molecule has 1 aliphatic heterocycles. The van der Waals surface area contributed by atoms with Gasteiger partial charge in [0, 0.05) is 18.0 Å². The minimum atomic E-state index is -0.470. The summed E-state index contributed by atoms with van der Waals surface area (Å²) in [6, 6.07) is 9.33. The molecule has 0 unspecified atom stereocenters. The lowest BCUT2D eigenvalue weighted by atomic mass is 10.2. The third-order valence-corrected chi connectivity index (χ3v) is 4.43. The largest absolute Gasteiger partial charge is 0.473 e. The summed E-state index contributed by atoms with van der Waals surface area (Å²) < 4.78 is 19.2. The van der Waals surface area contributed by atoms with Crippen LogP contribution in [0.4, 0.5) is 10.1 Å². The molecule has 1 amide bonds. The van der Waals surface area contributed by atoms with Crippen LogP contribution < -0.4 is 10.1 Å². The number of thioether (sulfide) groups is 1. The van der Waals surface area contributed by atoms with Crippen LogP contribution in [0.25, 0.3) is 0 Å². The van der Waals surface area contributed by atoms with E-state index in [4.69, 9.17) is 4.74 Å². The number of carbonyl (C=O) groups is 1. The molecule has 0 radical (unpaired) electrons. The second-order valence-corrected chi connectivity index (χ2v) is 6.07. The van der Waals surface area contributed by atoms with E-state index in [2.05, 4.69) is 10.3 Å². The van der Waals surface area contributed by atoms with Gasteiger partial charge in [0.25, 0.3) is 5.91 Å². The van der Waals surface area contributed by atoms with Crippen molar-refractivity contribution in [1.82, 2.24) is 4.98 Å². The van der Waals surface area contributed by atoms with E-state index in [0.717, 1.165) is 17.9 Å². The molecular formula is C16H15FN2O2S. The quantitative estimate of drug-likeness (QED) is 0.939. The van der Waals surface area contributed by atoms with Crippen LogP contribution in [0.2, 0.25) is 0 Å². The predicted molar refractivity (Wildman–Crippen MR) is 84.9 cm³/mol. The van der Waals surface area contributed by atoms with Gasteiger partial charge in [-0.3, -0.25) is 4.79 Å². The van der Waals surface area contributed by atoms with Crippen molar-refractivity contribution in [3.63, 3.8) is 0 Å². The molecular weight excluding hydrogens is 303 g/mol. The van der Waals surface area contributed by atoms with Crippen molar-refractivity contribution in [2.24, 2.45) is 0 Å². The number of nitrogens with one attached hydrogen (secondary N) is 1. The number of para-hydroxylation sites is 1. The maximum absolute atomic E-state index is 13.5. The Hall–Kier alpha value is -2.08. The fourth-order valence-electron chi connectivity index (χ4n) is 2.12. The highest BCUT2D eigenvalue weighted by atomic mass is 32.2. The van der Waals surface area contributed by atoms with Crippen LogP contribution in [0, 0.1) is 5.82 Å². The van der Waals surface area contributed by atoms with Crippen LogP contribution >= 0.6 is 11.8 Å². The summed E-state index contributed by atoms with van der Waals surface area (Å²) in [5.74, 6) is 1.71. The average molecular weight is 318 g/mol. The van der Waals surface area contributed by atoms with Crippen LogP contribution in [0.15, 0.2) is 42.6 Å². The number of amides is 1. The Morgan fingerprint density at radius 3 is 2.86 bits per heavy atom. The second kappa shape index (κ2) is 6.79. The molecule has 1 fully saturated rings. The van der Waals surface area contributed by atoms with Gasteiger partial charge >= 0.3 is 0 Å². The SMILES string of the molecule is O=C(Nc1ccccc1F)c1ccc(O[C@H]2CCSC2)nc1. The fourth-order valence-corrected chi connectivity index (χ4v) is 3.21. The van der Waals surface area contributed by atoms with Crippen molar-refractivity contribution in [3.8, 4) is 5.88 Å². The molecule has 0 saturated carbocycles. The average Bonchev–Trinajstić information content (AvgIpc) is 3.03. The van der Waals surface area contributed by atoms with Crippen LogP contribution in [0.3, 0.4) is 0 Å². The number of benzene rings is 1. The maximum atomic E-state index is 13.5. The Balaban J connectivity index is 1.64. The first-order valence-electron chi connectivity index (χ1n) is 6.99. The molecule has 1 aromatic heterocycles. The second-order valence-electron chi connectivity index (χ2n) is 4.92. The minimum Gasteiger partial charge on any atom is -0.473 e. The summed E-state index contributed by atoms with van der Waals surface area (Å²) in [6.45, 7) is 0. The van der Waals surface area contributed by atoms with Crippen molar-refractivity contribution < 1.29 is 13.9 Å². The number of hydrogen-bond donors (Lipinski definition) is 1. The zero-order valence-electron chi connectivity index (χ0n) is 11.8. The maximum Gasteiger partial charge on any atom is 0.257 e. The molecule has 1 atom stereocenters. The van der Waals surface area contributed by atoms with Gasteiger partial charge in [-0.1, -0.05) is 12.1 Å². The van der Waals surface area contributed by atoms with E-state index >= 15 is 0 Å². The predicted octanol–water partition coefficient (Wildman–Crippen LogP) is 3.36. The van der Waals surface area contributed by atoms with Crippen molar-refractivity contribution in [1.29, 1.82) is 0 Å². The molecule has 1 N–H and O–H groups in total. The number of ether oxygens (including phenoxy) is 1. The van der Waals surface area contributed by atoms with Gasteiger partial charge in [0.1, 0.15) is 11.9 Å². The van der Waals surface area contributed by atoms with Gasteiger partial charge in [0.05, 0.1) is 11.3 Å². The van der Waals surface area contributed by atoms with E-state index in [-0.39, 0.29) is 11.8 Å². The molecule has 1 saturated heterocycles. The Morgan fingerprint density at radius 2 is 2.18 bits per heavy atom. The standard InChI is InChI=1S/C16H15FN2O2S/c17-13-3-1-2-4-14(13)19-16(20)11-5-6-15(18-9-11)21-12-7-8-22-10-12/h1-6,9,12H,7-8,10H2,(H,19,20)/t12-/m0/s1. The first kappa shape index (κ1) is 14.8. The number of hydrogen-bond acceptors (Lipinski definition) is 4. The van der Waals surface area contributed by atoms with Gasteiger partial charge in [-0.25, -0.2) is 9.37 Å². The number of rotatable bonds is 4. The molecule has 0 bridgehead atoms. The van der Waals surface area contributed by atoms with E-state index in [9.17, 15) is 9.18 Å². The van der Waals surface area contributed by atoms with E-state index in [0.29, 0.717) is 11.4 Å². The molecule has 1 aromatic carbocycles. The van der Waals surface area contributed by atoms with Crippen LogP contribution in [0.1, 0.15) is 16.8 Å². The lowest BCUT2D eigenvalue weighted by molar-refractivity contribution is 0.102. The Bertz CT molecular complexity index is 657. The van der Waals surface area contributed by atoms with E-state index < -0.39 is 11.7 Å². The molecule has 4 nitrogen and oxygen atoms in total. The summed E-state index contributed by atoms with van der Waals surface area (Å²) in [5, 5.41) is 2.52. The van der Waals surface area contributed by atoms with E-state index in [1.54, 1.807) is 24.3 Å². The summed E-state index contributed by atoms with van der Waals surface area (Å²) >= 11 is 1.86. The summed E-state index contributed by atoms with van der Waals surface area (Å²) in [6.07, 6.45) is 2.64. The van der Waals surface area contributed by atoms with E-state index in [1.165, 1.54) is 18.3 Å². The highest BCUT2D eigenvalue weighted by Gasteiger charge is 2.17. The van der Waals surface area contributed by atoms with Gasteiger partial charge in [-0.15, -0.1) is 0 Å². The number of nitrogens with zero attached hydrogens (tertiary/aromatic N) is 1. The number of carbonyl (C=O) groups excluding carboxylic acids is 1. The lowest BCUT2D eigenvalue weighted by Crippen LogP contribution is -2.16. The van der Waals surface area contributed by atoms with Crippen molar-refractivity contribution in [2.45, 2.75) is 12.5 Å². The zero-order valence-corrected chi connectivity index (χ0v) is 12.6. The molecule has 114 valence electrons. The first-order chi connectivity index (χ1) is 10.7. The van der Waals surface area contributed by atoms with Crippen LogP contribution in [-0.4, -0.2) is 28.5 Å². The number of pyridine rings is 1. The highest BCUT2D eigenvalue weighted by molar-refractivity contribution is 7.99. The fraction of sp³-hybridized carbons (Fsp3) is 0.250.